The summed E-state index contributed by atoms with van der Waals surface area (Å²) in [4.78, 5) is 18.6. The fourth-order valence-electron chi connectivity index (χ4n) is 1.85. The van der Waals surface area contributed by atoms with E-state index < -0.39 is 4.92 Å². The Labute approximate surface area is 114 Å². The molecular weight excluding hydrogens is 263 g/mol. The normalized spacial score (nSPS) is 10.3. The SMILES string of the molecule is CCNc1ncnc(-c2ccc(F)c(C)c2)c1[N+](=O)[O-]. The van der Waals surface area contributed by atoms with Crippen LogP contribution in [0.15, 0.2) is 24.5 Å². The lowest BCUT2D eigenvalue weighted by Crippen LogP contribution is -2.06. The lowest BCUT2D eigenvalue weighted by molar-refractivity contribution is -0.383. The topological polar surface area (TPSA) is 81.0 Å². The van der Waals surface area contributed by atoms with Crippen LogP contribution in [0.3, 0.4) is 0 Å². The molecule has 0 bridgehead atoms. The van der Waals surface area contributed by atoms with Gasteiger partial charge in [0.25, 0.3) is 0 Å². The lowest BCUT2D eigenvalue weighted by atomic mass is 10.1. The van der Waals surface area contributed by atoms with E-state index in [1.54, 1.807) is 6.92 Å². The maximum absolute atomic E-state index is 13.3. The van der Waals surface area contributed by atoms with E-state index in [4.69, 9.17) is 0 Å². The van der Waals surface area contributed by atoms with Crippen LogP contribution in [0.2, 0.25) is 0 Å². The summed E-state index contributed by atoms with van der Waals surface area (Å²) in [7, 11) is 0. The van der Waals surface area contributed by atoms with Gasteiger partial charge in [-0.2, -0.15) is 0 Å². The first-order valence-electron chi connectivity index (χ1n) is 6.04. The third-order valence-electron chi connectivity index (χ3n) is 2.78. The van der Waals surface area contributed by atoms with Crippen LogP contribution in [-0.2, 0) is 0 Å². The van der Waals surface area contributed by atoms with E-state index in [-0.39, 0.29) is 23.0 Å². The van der Waals surface area contributed by atoms with Crippen molar-refractivity contribution in [1.29, 1.82) is 0 Å². The Bertz CT molecular complexity index is 661. The first-order valence-corrected chi connectivity index (χ1v) is 6.04. The van der Waals surface area contributed by atoms with Crippen molar-refractivity contribution in [3.63, 3.8) is 0 Å². The van der Waals surface area contributed by atoms with Crippen LogP contribution < -0.4 is 5.32 Å². The predicted molar refractivity (Wildman–Crippen MR) is 73.0 cm³/mol. The number of halogens is 1. The molecule has 1 aromatic carbocycles. The number of nitrogens with zero attached hydrogens (tertiary/aromatic N) is 3. The van der Waals surface area contributed by atoms with Crippen LogP contribution in [-0.4, -0.2) is 21.4 Å². The van der Waals surface area contributed by atoms with Gasteiger partial charge in [0.15, 0.2) is 5.69 Å². The monoisotopic (exact) mass is 276 g/mol. The van der Waals surface area contributed by atoms with Crippen LogP contribution in [0.1, 0.15) is 12.5 Å². The van der Waals surface area contributed by atoms with Gasteiger partial charge in [0.05, 0.1) is 4.92 Å². The molecule has 2 rings (SSSR count). The van der Waals surface area contributed by atoms with Crippen LogP contribution in [0.4, 0.5) is 15.9 Å². The number of aromatic nitrogens is 2. The summed E-state index contributed by atoms with van der Waals surface area (Å²) in [6.07, 6.45) is 1.25. The molecule has 0 saturated heterocycles. The highest BCUT2D eigenvalue weighted by Gasteiger charge is 2.23. The maximum atomic E-state index is 13.3. The Balaban J connectivity index is 2.63. The van der Waals surface area contributed by atoms with E-state index in [1.165, 1.54) is 24.5 Å². The lowest BCUT2D eigenvalue weighted by Gasteiger charge is -2.08. The number of nitro groups is 1. The summed E-state index contributed by atoms with van der Waals surface area (Å²) < 4.78 is 13.3. The average molecular weight is 276 g/mol. The number of nitrogens with one attached hydrogen (secondary N) is 1. The molecule has 7 heteroatoms. The van der Waals surface area contributed by atoms with Crippen LogP contribution >= 0.6 is 0 Å². The second-order valence-corrected chi connectivity index (χ2v) is 4.17. The summed E-state index contributed by atoms with van der Waals surface area (Å²) in [5.74, 6) is -0.207. The van der Waals surface area contributed by atoms with Crippen LogP contribution in [0, 0.1) is 22.9 Å². The fourth-order valence-corrected chi connectivity index (χ4v) is 1.85. The summed E-state index contributed by atoms with van der Waals surface area (Å²) in [5.41, 5.74) is 0.849. The third-order valence-corrected chi connectivity index (χ3v) is 2.78. The first-order chi connectivity index (χ1) is 9.54. The molecule has 1 heterocycles. The molecule has 0 saturated carbocycles. The third kappa shape index (κ3) is 2.56. The largest absolute Gasteiger partial charge is 0.365 e. The molecule has 0 aliphatic carbocycles. The maximum Gasteiger partial charge on any atom is 0.337 e. The van der Waals surface area contributed by atoms with Gasteiger partial charge in [0.1, 0.15) is 12.1 Å². The standard InChI is InChI=1S/C13H13FN4O2/c1-3-15-13-12(18(19)20)11(16-7-17-13)9-4-5-10(14)8(2)6-9/h4-7H,3H2,1-2H3,(H,15,16,17). The number of rotatable bonds is 4. The van der Waals surface area contributed by atoms with Gasteiger partial charge < -0.3 is 5.32 Å². The van der Waals surface area contributed by atoms with E-state index in [2.05, 4.69) is 15.3 Å². The van der Waals surface area contributed by atoms with Crippen molar-refractivity contribution in [2.24, 2.45) is 0 Å². The molecule has 104 valence electrons. The minimum absolute atomic E-state index is 0.157. The number of benzene rings is 1. The van der Waals surface area contributed by atoms with Crippen molar-refractivity contribution in [2.75, 3.05) is 11.9 Å². The molecule has 0 aliphatic heterocycles. The second kappa shape index (κ2) is 5.60. The molecule has 1 aromatic heterocycles. The Hall–Kier alpha value is -2.57. The van der Waals surface area contributed by atoms with Gasteiger partial charge in [0, 0.05) is 12.1 Å². The quantitative estimate of drug-likeness (QED) is 0.686. The van der Waals surface area contributed by atoms with Gasteiger partial charge in [-0.05, 0) is 37.6 Å². The Kier molecular flexibility index (Phi) is 3.88. The molecule has 0 radical (unpaired) electrons. The molecule has 20 heavy (non-hydrogen) atoms. The van der Waals surface area contributed by atoms with E-state index in [0.29, 0.717) is 17.7 Å². The zero-order valence-electron chi connectivity index (χ0n) is 11.1. The molecule has 0 amide bonds. The van der Waals surface area contributed by atoms with Crippen LogP contribution in [0.25, 0.3) is 11.3 Å². The summed E-state index contributed by atoms with van der Waals surface area (Å²) in [6.45, 7) is 3.91. The average Bonchev–Trinajstić information content (AvgIpc) is 2.42. The fraction of sp³-hybridized carbons (Fsp3) is 0.231. The zero-order valence-corrected chi connectivity index (χ0v) is 11.1. The van der Waals surface area contributed by atoms with Crippen LogP contribution in [0.5, 0.6) is 0 Å². The van der Waals surface area contributed by atoms with Gasteiger partial charge in [0.2, 0.25) is 5.82 Å². The van der Waals surface area contributed by atoms with Crippen molar-refractivity contribution < 1.29 is 9.31 Å². The van der Waals surface area contributed by atoms with Gasteiger partial charge >= 0.3 is 5.69 Å². The Morgan fingerprint density at radius 1 is 1.40 bits per heavy atom. The highest BCUT2D eigenvalue weighted by Crippen LogP contribution is 2.33. The number of aryl methyl sites for hydroxylation is 1. The Morgan fingerprint density at radius 3 is 2.75 bits per heavy atom. The predicted octanol–water partition coefficient (Wildman–Crippen LogP) is 2.93. The van der Waals surface area contributed by atoms with Crippen molar-refractivity contribution in [1.82, 2.24) is 9.97 Å². The molecule has 0 unspecified atom stereocenters. The number of hydrogen-bond donors (Lipinski definition) is 1. The first kappa shape index (κ1) is 13.9. The van der Waals surface area contributed by atoms with E-state index in [1.807, 2.05) is 6.92 Å². The highest BCUT2D eigenvalue weighted by molar-refractivity contribution is 5.76. The molecule has 0 aliphatic rings. The smallest absolute Gasteiger partial charge is 0.337 e. The minimum Gasteiger partial charge on any atom is -0.365 e. The molecule has 0 atom stereocenters. The van der Waals surface area contributed by atoms with Crippen molar-refractivity contribution in [3.05, 3.63) is 46.0 Å². The molecule has 0 spiro atoms. The molecule has 1 N–H and O–H groups in total. The second-order valence-electron chi connectivity index (χ2n) is 4.17. The van der Waals surface area contributed by atoms with E-state index >= 15 is 0 Å². The number of anilines is 1. The highest BCUT2D eigenvalue weighted by atomic mass is 19.1. The van der Waals surface area contributed by atoms with E-state index in [0.717, 1.165) is 0 Å². The summed E-state index contributed by atoms with van der Waals surface area (Å²) in [5, 5.41) is 14.1. The summed E-state index contributed by atoms with van der Waals surface area (Å²) >= 11 is 0. The zero-order chi connectivity index (χ0) is 14.7. The molecule has 2 aromatic rings. The van der Waals surface area contributed by atoms with Gasteiger partial charge in [-0.25, -0.2) is 14.4 Å². The van der Waals surface area contributed by atoms with Gasteiger partial charge in [-0.3, -0.25) is 10.1 Å². The van der Waals surface area contributed by atoms with E-state index in [9.17, 15) is 14.5 Å². The van der Waals surface area contributed by atoms with Gasteiger partial charge in [-0.1, -0.05) is 0 Å². The van der Waals surface area contributed by atoms with Gasteiger partial charge in [-0.15, -0.1) is 0 Å². The minimum atomic E-state index is -0.536. The molecule has 0 fully saturated rings. The molecule has 6 nitrogen and oxygen atoms in total. The van der Waals surface area contributed by atoms with Crippen molar-refractivity contribution >= 4 is 11.5 Å². The molecular formula is C13H13FN4O2. The van der Waals surface area contributed by atoms with Crippen molar-refractivity contribution in [3.8, 4) is 11.3 Å². The Morgan fingerprint density at radius 2 is 2.15 bits per heavy atom. The van der Waals surface area contributed by atoms with Crippen molar-refractivity contribution in [2.45, 2.75) is 13.8 Å². The number of hydrogen-bond acceptors (Lipinski definition) is 5. The summed E-state index contributed by atoms with van der Waals surface area (Å²) in [6, 6.07) is 4.26.